The lowest BCUT2D eigenvalue weighted by Crippen LogP contribution is -2.49. The van der Waals surface area contributed by atoms with Crippen LogP contribution in [-0.4, -0.2) is 55.0 Å². The third-order valence-corrected chi connectivity index (χ3v) is 4.15. The van der Waals surface area contributed by atoms with Crippen LogP contribution in [0.5, 0.6) is 0 Å². The minimum atomic E-state index is 0.150. The Hall–Kier alpha value is -1.33. The predicted octanol–water partition coefficient (Wildman–Crippen LogP) is 1.62. The highest BCUT2D eigenvalue weighted by atomic mass is 16.3. The number of aryl methyl sites for hydroxylation is 1. The lowest BCUT2D eigenvalue weighted by atomic mass is 10.1. The van der Waals surface area contributed by atoms with Crippen molar-refractivity contribution in [2.24, 2.45) is 0 Å². The molecular weight excluding hydrogens is 266 g/mol. The summed E-state index contributed by atoms with van der Waals surface area (Å²) in [4.78, 5) is 16.4. The molecule has 0 aliphatic carbocycles. The highest BCUT2D eigenvalue weighted by Crippen LogP contribution is 2.12. The molecular formula is C16H27N3O2. The van der Waals surface area contributed by atoms with Crippen molar-refractivity contribution in [1.29, 1.82) is 0 Å². The van der Waals surface area contributed by atoms with Gasteiger partial charge in [0.25, 0.3) is 0 Å². The Bertz CT molecular complexity index is 452. The molecule has 1 aliphatic heterocycles. The Morgan fingerprint density at radius 2 is 2.29 bits per heavy atom. The Kier molecular flexibility index (Phi) is 5.82. The molecule has 5 nitrogen and oxygen atoms in total. The number of carbonyl (C=O) groups excluding carboxylic acids is 1. The number of hydrogen-bond acceptors (Lipinski definition) is 4. The summed E-state index contributed by atoms with van der Waals surface area (Å²) in [5.74, 6) is 1.87. The van der Waals surface area contributed by atoms with Crippen LogP contribution in [0.1, 0.15) is 31.3 Å². The molecule has 1 aromatic heterocycles. The third-order valence-electron chi connectivity index (χ3n) is 4.15. The van der Waals surface area contributed by atoms with Gasteiger partial charge in [0, 0.05) is 19.6 Å². The summed E-state index contributed by atoms with van der Waals surface area (Å²) in [6.45, 7) is 8.05. The molecule has 1 unspecified atom stereocenters. The fourth-order valence-corrected chi connectivity index (χ4v) is 2.83. The van der Waals surface area contributed by atoms with E-state index in [9.17, 15) is 4.79 Å². The van der Waals surface area contributed by atoms with E-state index in [0.717, 1.165) is 31.2 Å². The number of nitrogens with one attached hydrogen (secondary N) is 1. The van der Waals surface area contributed by atoms with Gasteiger partial charge in [0.1, 0.15) is 11.5 Å². The van der Waals surface area contributed by atoms with Crippen molar-refractivity contribution >= 4 is 5.91 Å². The topological polar surface area (TPSA) is 48.7 Å². The van der Waals surface area contributed by atoms with Crippen molar-refractivity contribution in [3.05, 3.63) is 23.7 Å². The van der Waals surface area contributed by atoms with Crippen LogP contribution in [0, 0.1) is 6.92 Å². The minimum Gasteiger partial charge on any atom is -0.464 e. The molecule has 0 bridgehead atoms. The van der Waals surface area contributed by atoms with Crippen LogP contribution < -0.4 is 5.32 Å². The van der Waals surface area contributed by atoms with Gasteiger partial charge in [0.2, 0.25) is 5.91 Å². The van der Waals surface area contributed by atoms with E-state index in [0.29, 0.717) is 19.1 Å². The summed E-state index contributed by atoms with van der Waals surface area (Å²) in [6, 6.07) is 4.34. The second-order valence-electron chi connectivity index (χ2n) is 5.83. The minimum absolute atomic E-state index is 0.150. The SMILES string of the molecule is CCN(CC(=O)N(C)Cc1ccc(C)o1)C1CCCNC1. The zero-order valence-electron chi connectivity index (χ0n) is 13.4. The molecule has 1 amide bonds. The number of nitrogens with zero attached hydrogens (tertiary/aromatic N) is 2. The Morgan fingerprint density at radius 1 is 1.48 bits per heavy atom. The maximum absolute atomic E-state index is 12.4. The zero-order chi connectivity index (χ0) is 15.2. The van der Waals surface area contributed by atoms with Gasteiger partial charge in [-0.15, -0.1) is 0 Å². The Labute approximate surface area is 127 Å². The van der Waals surface area contributed by atoms with Gasteiger partial charge in [-0.2, -0.15) is 0 Å². The second kappa shape index (κ2) is 7.61. The van der Waals surface area contributed by atoms with E-state index in [1.807, 2.05) is 26.1 Å². The van der Waals surface area contributed by atoms with Crippen LogP contribution in [0.2, 0.25) is 0 Å². The summed E-state index contributed by atoms with van der Waals surface area (Å²) in [5.41, 5.74) is 0. The largest absolute Gasteiger partial charge is 0.464 e. The van der Waals surface area contributed by atoms with E-state index in [-0.39, 0.29) is 5.91 Å². The lowest BCUT2D eigenvalue weighted by Gasteiger charge is -2.34. The lowest BCUT2D eigenvalue weighted by molar-refractivity contribution is -0.132. The van der Waals surface area contributed by atoms with Gasteiger partial charge in [-0.25, -0.2) is 0 Å². The maximum atomic E-state index is 12.4. The molecule has 2 heterocycles. The average molecular weight is 293 g/mol. The van der Waals surface area contributed by atoms with E-state index < -0.39 is 0 Å². The monoisotopic (exact) mass is 293 g/mol. The van der Waals surface area contributed by atoms with Crippen LogP contribution in [0.25, 0.3) is 0 Å². The van der Waals surface area contributed by atoms with Gasteiger partial charge >= 0.3 is 0 Å². The Balaban J connectivity index is 1.86. The first-order chi connectivity index (χ1) is 10.1. The molecule has 118 valence electrons. The number of carbonyl (C=O) groups is 1. The summed E-state index contributed by atoms with van der Waals surface area (Å²) in [5, 5.41) is 3.41. The van der Waals surface area contributed by atoms with Crippen molar-refractivity contribution in [3.63, 3.8) is 0 Å². The molecule has 0 saturated carbocycles. The van der Waals surface area contributed by atoms with Gasteiger partial charge in [-0.05, 0) is 45.0 Å². The summed E-state index contributed by atoms with van der Waals surface area (Å²) in [6.07, 6.45) is 2.37. The number of hydrogen-bond donors (Lipinski definition) is 1. The van der Waals surface area contributed by atoms with Crippen LogP contribution in [-0.2, 0) is 11.3 Å². The molecule has 0 radical (unpaired) electrons. The standard InChI is InChI=1S/C16H27N3O2/c1-4-19(14-6-5-9-17-10-14)12-16(20)18(3)11-15-8-7-13(2)21-15/h7-8,14,17H,4-6,9-12H2,1-3H3. The van der Waals surface area contributed by atoms with Gasteiger partial charge in [0.05, 0.1) is 13.1 Å². The molecule has 0 aromatic carbocycles. The maximum Gasteiger partial charge on any atom is 0.236 e. The van der Waals surface area contributed by atoms with Crippen LogP contribution in [0.3, 0.4) is 0 Å². The van der Waals surface area contributed by atoms with Crippen molar-refractivity contribution in [3.8, 4) is 0 Å². The van der Waals surface area contributed by atoms with Crippen molar-refractivity contribution in [2.45, 2.75) is 39.3 Å². The molecule has 0 spiro atoms. The summed E-state index contributed by atoms with van der Waals surface area (Å²) in [7, 11) is 1.84. The Morgan fingerprint density at radius 3 is 2.86 bits per heavy atom. The number of rotatable bonds is 6. The molecule has 1 N–H and O–H groups in total. The van der Waals surface area contributed by atoms with Gasteiger partial charge < -0.3 is 14.6 Å². The molecule has 1 aromatic rings. The van der Waals surface area contributed by atoms with Gasteiger partial charge in [-0.3, -0.25) is 9.69 Å². The highest BCUT2D eigenvalue weighted by Gasteiger charge is 2.23. The van der Waals surface area contributed by atoms with E-state index >= 15 is 0 Å². The van der Waals surface area contributed by atoms with Crippen molar-refractivity contribution in [1.82, 2.24) is 15.1 Å². The first kappa shape index (κ1) is 16.0. The third kappa shape index (κ3) is 4.58. The smallest absolute Gasteiger partial charge is 0.236 e. The molecule has 1 aliphatic rings. The summed E-state index contributed by atoms with van der Waals surface area (Å²) < 4.78 is 5.53. The molecule has 1 saturated heterocycles. The number of furan rings is 1. The predicted molar refractivity (Wildman–Crippen MR) is 83.1 cm³/mol. The molecule has 1 fully saturated rings. The first-order valence-electron chi connectivity index (χ1n) is 7.84. The first-order valence-corrected chi connectivity index (χ1v) is 7.84. The number of piperidine rings is 1. The molecule has 2 rings (SSSR count). The number of likely N-dealkylation sites (N-methyl/N-ethyl adjacent to an activating group) is 2. The molecule has 5 heteroatoms. The summed E-state index contributed by atoms with van der Waals surface area (Å²) >= 11 is 0. The highest BCUT2D eigenvalue weighted by molar-refractivity contribution is 5.78. The second-order valence-corrected chi connectivity index (χ2v) is 5.83. The van der Waals surface area contributed by atoms with E-state index in [4.69, 9.17) is 4.42 Å². The van der Waals surface area contributed by atoms with Crippen LogP contribution in [0.15, 0.2) is 16.5 Å². The molecule has 21 heavy (non-hydrogen) atoms. The van der Waals surface area contributed by atoms with E-state index in [1.165, 1.54) is 12.8 Å². The quantitative estimate of drug-likeness (QED) is 0.866. The zero-order valence-corrected chi connectivity index (χ0v) is 13.4. The normalized spacial score (nSPS) is 19.0. The average Bonchev–Trinajstić information content (AvgIpc) is 2.90. The van der Waals surface area contributed by atoms with E-state index in [1.54, 1.807) is 4.90 Å². The fraction of sp³-hybridized carbons (Fsp3) is 0.688. The fourth-order valence-electron chi connectivity index (χ4n) is 2.83. The van der Waals surface area contributed by atoms with Gasteiger partial charge in [0.15, 0.2) is 0 Å². The van der Waals surface area contributed by atoms with Crippen LogP contribution in [0.4, 0.5) is 0 Å². The number of amides is 1. The van der Waals surface area contributed by atoms with Crippen LogP contribution >= 0.6 is 0 Å². The van der Waals surface area contributed by atoms with Gasteiger partial charge in [-0.1, -0.05) is 6.92 Å². The van der Waals surface area contributed by atoms with E-state index in [2.05, 4.69) is 17.1 Å². The van der Waals surface area contributed by atoms with Crippen molar-refractivity contribution < 1.29 is 9.21 Å². The van der Waals surface area contributed by atoms with Crippen molar-refractivity contribution in [2.75, 3.05) is 33.2 Å². The molecule has 1 atom stereocenters.